The Morgan fingerprint density at radius 1 is 1.17 bits per heavy atom. The number of benzene rings is 1. The van der Waals surface area contributed by atoms with Crippen molar-refractivity contribution in [1.29, 1.82) is 0 Å². The molecule has 1 rings (SSSR count). The van der Waals surface area contributed by atoms with Crippen LogP contribution >= 0.6 is 0 Å². The molecule has 7 nitrogen and oxygen atoms in total. The van der Waals surface area contributed by atoms with E-state index in [0.717, 1.165) is 0 Å². The fourth-order valence-corrected chi connectivity index (χ4v) is 1.58. The highest BCUT2D eigenvalue weighted by molar-refractivity contribution is 5.97. The predicted octanol–water partition coefficient (Wildman–Crippen LogP) is 2.07. The van der Waals surface area contributed by atoms with Gasteiger partial charge >= 0.3 is 18.6 Å². The Kier molecular flexibility index (Phi) is 6.63. The van der Waals surface area contributed by atoms with Crippen LogP contribution in [0.4, 0.5) is 13.6 Å². The van der Waals surface area contributed by atoms with Crippen LogP contribution in [0.2, 0.25) is 0 Å². The number of carbonyl (C=O) groups excluding carboxylic acids is 3. The maximum absolute atomic E-state index is 12.3. The first-order valence-corrected chi connectivity index (χ1v) is 6.91. The van der Waals surface area contributed by atoms with Crippen molar-refractivity contribution >= 4 is 17.9 Å². The van der Waals surface area contributed by atoms with E-state index in [4.69, 9.17) is 0 Å². The van der Waals surface area contributed by atoms with Gasteiger partial charge in [-0.1, -0.05) is 12.1 Å². The molecule has 0 heterocycles. The fourth-order valence-electron chi connectivity index (χ4n) is 1.58. The Bertz CT molecular complexity index is 614. The molecule has 0 fully saturated rings. The van der Waals surface area contributed by atoms with Gasteiger partial charge in [0.2, 0.25) is 0 Å². The van der Waals surface area contributed by atoms with Crippen molar-refractivity contribution in [2.45, 2.75) is 32.9 Å². The van der Waals surface area contributed by atoms with Gasteiger partial charge < -0.3 is 14.8 Å². The number of alkyl halides is 2. The molecule has 24 heavy (non-hydrogen) atoms. The molecule has 0 saturated heterocycles. The Morgan fingerprint density at radius 2 is 1.79 bits per heavy atom. The molecule has 0 radical (unpaired) electrons. The minimum atomic E-state index is -3.11. The third-order valence-corrected chi connectivity index (χ3v) is 2.40. The van der Waals surface area contributed by atoms with E-state index >= 15 is 0 Å². The second kappa shape index (κ2) is 8.23. The van der Waals surface area contributed by atoms with Gasteiger partial charge in [-0.15, -0.1) is 0 Å². The van der Waals surface area contributed by atoms with Crippen LogP contribution in [0.3, 0.4) is 0 Å². The highest BCUT2D eigenvalue weighted by Crippen LogP contribution is 2.20. The van der Waals surface area contributed by atoms with Crippen LogP contribution in [0.1, 0.15) is 31.1 Å². The van der Waals surface area contributed by atoms with E-state index in [1.165, 1.54) is 24.3 Å². The molecule has 3 amide bonds. The van der Waals surface area contributed by atoms with Crippen molar-refractivity contribution in [1.82, 2.24) is 10.6 Å². The predicted molar refractivity (Wildman–Crippen MR) is 79.8 cm³/mol. The summed E-state index contributed by atoms with van der Waals surface area (Å²) >= 11 is 0. The number of para-hydroxylation sites is 1. The first-order chi connectivity index (χ1) is 11.1. The van der Waals surface area contributed by atoms with Gasteiger partial charge in [0, 0.05) is 5.54 Å². The first kappa shape index (κ1) is 19.3. The van der Waals surface area contributed by atoms with Crippen molar-refractivity contribution in [3.63, 3.8) is 0 Å². The Labute approximate surface area is 137 Å². The molecule has 0 aliphatic rings. The zero-order valence-electron chi connectivity index (χ0n) is 13.4. The number of carbonyl (C=O) groups is 3. The maximum Gasteiger partial charge on any atom is 0.387 e. The van der Waals surface area contributed by atoms with Crippen molar-refractivity contribution < 1.29 is 32.6 Å². The average Bonchev–Trinajstić information content (AvgIpc) is 2.42. The lowest BCUT2D eigenvalue weighted by Crippen LogP contribution is -2.49. The zero-order chi connectivity index (χ0) is 18.3. The third-order valence-electron chi connectivity index (χ3n) is 2.40. The van der Waals surface area contributed by atoms with Crippen molar-refractivity contribution in [2.75, 3.05) is 6.61 Å². The van der Waals surface area contributed by atoms with Gasteiger partial charge in [0.05, 0.1) is 0 Å². The summed E-state index contributed by atoms with van der Waals surface area (Å²) in [6.07, 6.45) is 0. The van der Waals surface area contributed by atoms with Gasteiger partial charge in [0.15, 0.2) is 6.61 Å². The monoisotopic (exact) mass is 344 g/mol. The first-order valence-electron chi connectivity index (χ1n) is 6.91. The van der Waals surface area contributed by atoms with Crippen LogP contribution in [-0.4, -0.2) is 36.7 Å². The quantitative estimate of drug-likeness (QED) is 0.798. The molecule has 9 heteroatoms. The molecule has 132 valence electrons. The largest absolute Gasteiger partial charge is 0.452 e. The summed E-state index contributed by atoms with van der Waals surface area (Å²) in [6, 6.07) is 4.46. The van der Waals surface area contributed by atoms with Crippen LogP contribution in [-0.2, 0) is 9.53 Å². The molecular formula is C15H18F2N2O5. The third kappa shape index (κ3) is 7.03. The van der Waals surface area contributed by atoms with Gasteiger partial charge in [-0.2, -0.15) is 8.78 Å². The zero-order valence-corrected chi connectivity index (χ0v) is 13.4. The van der Waals surface area contributed by atoms with Crippen molar-refractivity contribution in [2.24, 2.45) is 0 Å². The minimum Gasteiger partial charge on any atom is -0.452 e. The lowest BCUT2D eigenvalue weighted by atomic mass is 10.1. The molecule has 0 aliphatic carbocycles. The summed E-state index contributed by atoms with van der Waals surface area (Å²) in [4.78, 5) is 34.8. The molecule has 0 saturated carbocycles. The number of rotatable bonds is 5. The number of nitrogens with one attached hydrogen (secondary N) is 2. The molecule has 0 aliphatic heterocycles. The highest BCUT2D eigenvalue weighted by atomic mass is 19.3. The van der Waals surface area contributed by atoms with E-state index in [1.54, 1.807) is 20.8 Å². The summed E-state index contributed by atoms with van der Waals surface area (Å²) in [7, 11) is 0. The average molecular weight is 344 g/mol. The molecule has 0 atom stereocenters. The van der Waals surface area contributed by atoms with E-state index in [2.05, 4.69) is 14.8 Å². The number of hydrogen-bond donors (Lipinski definition) is 2. The number of amides is 3. The smallest absolute Gasteiger partial charge is 0.387 e. The van der Waals surface area contributed by atoms with E-state index in [0.29, 0.717) is 0 Å². The van der Waals surface area contributed by atoms with E-state index in [9.17, 15) is 23.2 Å². The molecule has 0 bridgehead atoms. The van der Waals surface area contributed by atoms with Crippen LogP contribution in [0.5, 0.6) is 5.75 Å². The number of hydrogen-bond acceptors (Lipinski definition) is 5. The maximum atomic E-state index is 12.3. The summed E-state index contributed by atoms with van der Waals surface area (Å²) in [6.45, 7) is 1.30. The van der Waals surface area contributed by atoms with E-state index < -0.39 is 36.7 Å². The molecule has 2 N–H and O–H groups in total. The van der Waals surface area contributed by atoms with Gasteiger partial charge in [0.1, 0.15) is 11.3 Å². The molecule has 1 aromatic carbocycles. The van der Waals surface area contributed by atoms with E-state index in [-0.39, 0.29) is 11.3 Å². The lowest BCUT2D eigenvalue weighted by molar-refractivity contribution is -0.123. The Balaban J connectivity index is 2.57. The molecule has 0 unspecified atom stereocenters. The van der Waals surface area contributed by atoms with Crippen LogP contribution < -0.4 is 15.4 Å². The number of esters is 1. The van der Waals surface area contributed by atoms with Crippen LogP contribution in [0.15, 0.2) is 24.3 Å². The normalized spacial score (nSPS) is 10.9. The summed E-state index contributed by atoms with van der Waals surface area (Å²) < 4.78 is 33.4. The second-order valence-corrected chi connectivity index (χ2v) is 5.70. The molecular weight excluding hydrogens is 326 g/mol. The Hall–Kier alpha value is -2.71. The fraction of sp³-hybridized carbons (Fsp3) is 0.400. The second-order valence-electron chi connectivity index (χ2n) is 5.70. The minimum absolute atomic E-state index is 0.259. The number of ether oxygens (including phenoxy) is 2. The van der Waals surface area contributed by atoms with Crippen LogP contribution in [0.25, 0.3) is 0 Å². The molecule has 0 spiro atoms. The molecule has 0 aromatic heterocycles. The summed E-state index contributed by atoms with van der Waals surface area (Å²) in [5, 5.41) is 4.46. The number of halogens is 2. The summed E-state index contributed by atoms with van der Waals surface area (Å²) in [5.41, 5.74) is -0.809. The number of imide groups is 1. The van der Waals surface area contributed by atoms with E-state index in [1.807, 2.05) is 5.32 Å². The SMILES string of the molecule is CC(C)(C)NC(=O)NC(=O)COC(=O)c1ccccc1OC(F)F. The number of urea groups is 1. The van der Waals surface area contributed by atoms with Gasteiger partial charge in [-0.25, -0.2) is 9.59 Å². The topological polar surface area (TPSA) is 93.7 Å². The summed E-state index contributed by atoms with van der Waals surface area (Å²) in [5.74, 6) is -2.27. The van der Waals surface area contributed by atoms with Crippen molar-refractivity contribution in [3.05, 3.63) is 29.8 Å². The Morgan fingerprint density at radius 3 is 2.38 bits per heavy atom. The van der Waals surface area contributed by atoms with Gasteiger partial charge in [0.25, 0.3) is 5.91 Å². The lowest BCUT2D eigenvalue weighted by Gasteiger charge is -2.20. The molecule has 1 aromatic rings. The van der Waals surface area contributed by atoms with Gasteiger partial charge in [-0.05, 0) is 32.9 Å². The van der Waals surface area contributed by atoms with Crippen molar-refractivity contribution in [3.8, 4) is 5.75 Å². The highest BCUT2D eigenvalue weighted by Gasteiger charge is 2.19. The standard InChI is InChI=1S/C15H18F2N2O5/c1-15(2,3)19-14(22)18-11(20)8-23-12(21)9-6-4-5-7-10(9)24-13(16)17/h4-7,13H,8H2,1-3H3,(H2,18,19,20,22). The van der Waals surface area contributed by atoms with Gasteiger partial charge in [-0.3, -0.25) is 10.1 Å². The van der Waals surface area contributed by atoms with Crippen LogP contribution in [0, 0.1) is 0 Å².